The van der Waals surface area contributed by atoms with E-state index in [9.17, 15) is 9.18 Å². The molecule has 1 amide bonds. The van der Waals surface area contributed by atoms with Crippen LogP contribution in [0.5, 0.6) is 0 Å². The molecular weight excluding hydrogens is 257 g/mol. The first-order chi connectivity index (χ1) is 9.54. The van der Waals surface area contributed by atoms with E-state index in [4.69, 9.17) is 0 Å². The molecule has 2 heterocycles. The lowest BCUT2D eigenvalue weighted by Gasteiger charge is -2.35. The van der Waals surface area contributed by atoms with Gasteiger partial charge in [-0.3, -0.25) is 4.79 Å². The summed E-state index contributed by atoms with van der Waals surface area (Å²) in [5.41, 5.74) is 0.109. The number of nitrogens with zero attached hydrogens (tertiary/aromatic N) is 2. The number of nitrogens with one attached hydrogen (secondary N) is 1. The smallest absolute Gasteiger partial charge is 0.257 e. The van der Waals surface area contributed by atoms with Gasteiger partial charge in [0, 0.05) is 25.8 Å². The average Bonchev–Trinajstić information content (AvgIpc) is 2.44. The van der Waals surface area contributed by atoms with E-state index < -0.39 is 5.82 Å². The SMILES string of the molecule is CCNc1nccc(C(=O)N2CCC(C)C(C)C2)c1F. The zero-order valence-corrected chi connectivity index (χ0v) is 12.3. The van der Waals surface area contributed by atoms with Crippen molar-refractivity contribution in [2.75, 3.05) is 25.0 Å². The van der Waals surface area contributed by atoms with Crippen LogP contribution in [0.4, 0.5) is 10.2 Å². The van der Waals surface area contributed by atoms with Gasteiger partial charge in [-0.25, -0.2) is 9.37 Å². The normalized spacial score (nSPS) is 22.7. The van der Waals surface area contributed by atoms with Crippen LogP contribution in [-0.4, -0.2) is 35.4 Å². The molecule has 5 heteroatoms. The van der Waals surface area contributed by atoms with Crippen molar-refractivity contribution >= 4 is 11.7 Å². The van der Waals surface area contributed by atoms with Crippen molar-refractivity contribution < 1.29 is 9.18 Å². The summed E-state index contributed by atoms with van der Waals surface area (Å²) in [6.07, 6.45) is 2.45. The van der Waals surface area contributed by atoms with E-state index in [0.29, 0.717) is 31.5 Å². The van der Waals surface area contributed by atoms with Gasteiger partial charge in [0.05, 0.1) is 5.56 Å². The molecular formula is C15H22FN3O. The summed E-state index contributed by atoms with van der Waals surface area (Å²) >= 11 is 0. The van der Waals surface area contributed by atoms with Crippen molar-refractivity contribution in [3.63, 3.8) is 0 Å². The predicted molar refractivity (Wildman–Crippen MR) is 77.2 cm³/mol. The van der Waals surface area contributed by atoms with Crippen molar-refractivity contribution in [1.82, 2.24) is 9.88 Å². The first kappa shape index (κ1) is 14.8. The Morgan fingerprint density at radius 2 is 2.25 bits per heavy atom. The van der Waals surface area contributed by atoms with Gasteiger partial charge in [0.1, 0.15) is 0 Å². The van der Waals surface area contributed by atoms with Crippen LogP contribution in [0.15, 0.2) is 12.3 Å². The molecule has 20 heavy (non-hydrogen) atoms. The Bertz CT molecular complexity index is 492. The minimum absolute atomic E-state index is 0.109. The molecule has 1 aliphatic heterocycles. The standard InChI is InChI=1S/C15H22FN3O/c1-4-17-14-13(16)12(5-7-18-14)15(20)19-8-6-10(2)11(3)9-19/h5,7,10-11H,4,6,8-9H2,1-3H3,(H,17,18). The lowest BCUT2D eigenvalue weighted by Crippen LogP contribution is -2.42. The van der Waals surface area contributed by atoms with Crippen LogP contribution in [-0.2, 0) is 0 Å². The first-order valence-corrected chi connectivity index (χ1v) is 7.22. The van der Waals surface area contributed by atoms with Gasteiger partial charge in [-0.1, -0.05) is 13.8 Å². The molecule has 1 fully saturated rings. The van der Waals surface area contributed by atoms with E-state index in [1.54, 1.807) is 4.90 Å². The fourth-order valence-electron chi connectivity index (χ4n) is 2.52. The van der Waals surface area contributed by atoms with Gasteiger partial charge in [0.15, 0.2) is 11.6 Å². The zero-order chi connectivity index (χ0) is 14.7. The first-order valence-electron chi connectivity index (χ1n) is 7.22. The number of likely N-dealkylation sites (tertiary alicyclic amines) is 1. The van der Waals surface area contributed by atoms with Gasteiger partial charge in [0.2, 0.25) is 0 Å². The largest absolute Gasteiger partial charge is 0.368 e. The van der Waals surface area contributed by atoms with Gasteiger partial charge in [-0.15, -0.1) is 0 Å². The Hall–Kier alpha value is -1.65. The van der Waals surface area contributed by atoms with Gasteiger partial charge >= 0.3 is 0 Å². The molecule has 1 saturated heterocycles. The highest BCUT2D eigenvalue weighted by Crippen LogP contribution is 2.25. The second-order valence-corrected chi connectivity index (χ2v) is 5.55. The Labute approximate surface area is 119 Å². The average molecular weight is 279 g/mol. The lowest BCUT2D eigenvalue weighted by atomic mass is 9.88. The number of aromatic nitrogens is 1. The van der Waals surface area contributed by atoms with Crippen LogP contribution in [0.1, 0.15) is 37.6 Å². The molecule has 1 aromatic heterocycles. The van der Waals surface area contributed by atoms with Gasteiger partial charge < -0.3 is 10.2 Å². The number of hydrogen-bond acceptors (Lipinski definition) is 3. The van der Waals surface area contributed by atoms with Crippen molar-refractivity contribution in [2.24, 2.45) is 11.8 Å². The van der Waals surface area contributed by atoms with Crippen LogP contribution in [0.2, 0.25) is 0 Å². The molecule has 4 nitrogen and oxygen atoms in total. The van der Waals surface area contributed by atoms with E-state index in [0.717, 1.165) is 6.42 Å². The Kier molecular flexibility index (Phi) is 4.57. The highest BCUT2D eigenvalue weighted by molar-refractivity contribution is 5.95. The second-order valence-electron chi connectivity index (χ2n) is 5.55. The summed E-state index contributed by atoms with van der Waals surface area (Å²) in [5, 5.41) is 2.83. The molecule has 0 spiro atoms. The van der Waals surface area contributed by atoms with Crippen LogP contribution < -0.4 is 5.32 Å². The Morgan fingerprint density at radius 3 is 2.90 bits per heavy atom. The minimum Gasteiger partial charge on any atom is -0.368 e. The summed E-state index contributed by atoms with van der Waals surface area (Å²) < 4.78 is 14.3. The molecule has 2 unspecified atom stereocenters. The molecule has 1 aromatic rings. The van der Waals surface area contributed by atoms with E-state index in [1.165, 1.54) is 12.3 Å². The second kappa shape index (κ2) is 6.20. The maximum Gasteiger partial charge on any atom is 0.257 e. The highest BCUT2D eigenvalue weighted by atomic mass is 19.1. The predicted octanol–water partition coefficient (Wildman–Crippen LogP) is 2.77. The van der Waals surface area contributed by atoms with Crippen LogP contribution in [0.3, 0.4) is 0 Å². The maximum absolute atomic E-state index is 14.3. The molecule has 0 aromatic carbocycles. The van der Waals surface area contributed by atoms with Crippen LogP contribution >= 0.6 is 0 Å². The summed E-state index contributed by atoms with van der Waals surface area (Å²) in [6, 6.07) is 1.46. The van der Waals surface area contributed by atoms with E-state index >= 15 is 0 Å². The van der Waals surface area contributed by atoms with Gasteiger partial charge in [-0.2, -0.15) is 0 Å². The number of carbonyl (C=O) groups excluding carboxylic acids is 1. The number of halogens is 1. The fourth-order valence-corrected chi connectivity index (χ4v) is 2.52. The fraction of sp³-hybridized carbons (Fsp3) is 0.600. The van der Waals surface area contributed by atoms with Gasteiger partial charge in [-0.05, 0) is 31.2 Å². The summed E-state index contributed by atoms with van der Waals surface area (Å²) in [6.45, 7) is 8.16. The molecule has 0 aliphatic carbocycles. The molecule has 110 valence electrons. The number of anilines is 1. The van der Waals surface area contributed by atoms with Gasteiger partial charge in [0.25, 0.3) is 5.91 Å². The van der Waals surface area contributed by atoms with Crippen molar-refractivity contribution in [3.05, 3.63) is 23.6 Å². The molecule has 0 radical (unpaired) electrons. The lowest BCUT2D eigenvalue weighted by molar-refractivity contribution is 0.0623. The number of rotatable bonds is 3. The summed E-state index contributed by atoms with van der Waals surface area (Å²) in [4.78, 5) is 18.1. The zero-order valence-electron chi connectivity index (χ0n) is 12.3. The Morgan fingerprint density at radius 1 is 1.50 bits per heavy atom. The summed E-state index contributed by atoms with van der Waals surface area (Å²) in [5.74, 6) is 0.426. The van der Waals surface area contributed by atoms with Crippen LogP contribution in [0, 0.1) is 17.7 Å². The summed E-state index contributed by atoms with van der Waals surface area (Å²) in [7, 11) is 0. The van der Waals surface area contributed by atoms with Crippen molar-refractivity contribution in [2.45, 2.75) is 27.2 Å². The number of piperidine rings is 1. The van der Waals surface area contributed by atoms with E-state index in [2.05, 4.69) is 24.1 Å². The van der Waals surface area contributed by atoms with E-state index in [1.807, 2.05) is 6.92 Å². The molecule has 1 aliphatic rings. The van der Waals surface area contributed by atoms with E-state index in [-0.39, 0.29) is 17.3 Å². The molecule has 1 N–H and O–H groups in total. The maximum atomic E-state index is 14.3. The molecule has 2 rings (SSSR count). The number of hydrogen-bond donors (Lipinski definition) is 1. The number of carbonyl (C=O) groups is 1. The van der Waals surface area contributed by atoms with Crippen molar-refractivity contribution in [1.29, 1.82) is 0 Å². The Balaban J connectivity index is 2.19. The molecule has 0 bridgehead atoms. The third-order valence-electron chi connectivity index (χ3n) is 4.09. The quantitative estimate of drug-likeness (QED) is 0.925. The number of amides is 1. The minimum atomic E-state index is -0.550. The molecule has 0 saturated carbocycles. The third-order valence-corrected chi connectivity index (χ3v) is 4.09. The highest BCUT2D eigenvalue weighted by Gasteiger charge is 2.28. The van der Waals surface area contributed by atoms with Crippen LogP contribution in [0.25, 0.3) is 0 Å². The number of pyridine rings is 1. The van der Waals surface area contributed by atoms with Crippen molar-refractivity contribution in [3.8, 4) is 0 Å². The third kappa shape index (κ3) is 2.92. The monoisotopic (exact) mass is 279 g/mol. The topological polar surface area (TPSA) is 45.2 Å². The molecule has 2 atom stereocenters.